The number of nitrogens with zero attached hydrogens (tertiary/aromatic N) is 5. The first-order chi connectivity index (χ1) is 14.1. The van der Waals surface area contributed by atoms with E-state index in [9.17, 15) is 4.55 Å². The Hall–Kier alpha value is -2.16. The van der Waals surface area contributed by atoms with Crippen LogP contribution in [0.1, 0.15) is 18.9 Å². The maximum absolute atomic E-state index is 11.7. The highest BCUT2D eigenvalue weighted by molar-refractivity contribution is 7.91. The van der Waals surface area contributed by atoms with Gasteiger partial charge in [0.05, 0.1) is 13.1 Å². The van der Waals surface area contributed by atoms with Gasteiger partial charge in [-0.1, -0.05) is 48.4 Å². The van der Waals surface area contributed by atoms with Gasteiger partial charge in [-0.15, -0.1) is 0 Å². The van der Waals surface area contributed by atoms with Crippen molar-refractivity contribution in [1.29, 1.82) is 0 Å². The van der Waals surface area contributed by atoms with Crippen molar-refractivity contribution < 1.29 is 4.55 Å². The van der Waals surface area contributed by atoms with E-state index in [1.807, 2.05) is 18.2 Å². The van der Waals surface area contributed by atoms with Gasteiger partial charge in [0.1, 0.15) is 28.9 Å². The second kappa shape index (κ2) is 9.11. The molecule has 4 rings (SSSR count). The van der Waals surface area contributed by atoms with Crippen LogP contribution in [0.15, 0.2) is 36.7 Å². The van der Waals surface area contributed by atoms with Crippen molar-refractivity contribution in [2.75, 3.05) is 34.8 Å². The van der Waals surface area contributed by atoms with Crippen LogP contribution < -0.4 is 10.2 Å². The molecule has 3 heterocycles. The Morgan fingerprint density at radius 2 is 1.90 bits per heavy atom. The molecule has 9 heteroatoms. The van der Waals surface area contributed by atoms with Gasteiger partial charge < -0.3 is 14.8 Å². The molecule has 0 radical (unpaired) electrons. The summed E-state index contributed by atoms with van der Waals surface area (Å²) in [7, 11) is 0. The fraction of sp³-hybridized carbons (Fsp3) is 0.400. The molecular weight excluding hydrogens is 408 g/mol. The van der Waals surface area contributed by atoms with Crippen LogP contribution in [0.5, 0.6) is 0 Å². The summed E-state index contributed by atoms with van der Waals surface area (Å²) < 4.78 is 11.7. The quantitative estimate of drug-likeness (QED) is 0.474. The first-order valence-electron chi connectivity index (χ1n) is 9.72. The molecule has 1 fully saturated rings. The number of anilines is 2. The zero-order valence-corrected chi connectivity index (χ0v) is 17.8. The van der Waals surface area contributed by atoms with Gasteiger partial charge in [0.15, 0.2) is 11.6 Å². The predicted molar refractivity (Wildman–Crippen MR) is 118 cm³/mol. The number of rotatable bonds is 6. The molecular formula is C20H23ClN6OS. The molecule has 0 bridgehead atoms. The fourth-order valence-electron chi connectivity index (χ4n) is 3.47. The van der Waals surface area contributed by atoms with Gasteiger partial charge in [-0.3, -0.25) is 0 Å². The molecule has 152 valence electrons. The summed E-state index contributed by atoms with van der Waals surface area (Å²) in [5.41, 5.74) is 2.54. The van der Waals surface area contributed by atoms with Crippen LogP contribution in [-0.2, 0) is 17.6 Å². The number of hydrogen-bond acceptors (Lipinski definition) is 7. The van der Waals surface area contributed by atoms with Crippen LogP contribution in [0.4, 0.5) is 11.6 Å². The molecule has 1 aliphatic heterocycles. The normalized spacial score (nSPS) is 16.2. The second-order valence-electron chi connectivity index (χ2n) is 7.01. The maximum atomic E-state index is 11.7. The Labute approximate surface area is 178 Å². The molecule has 3 aromatic rings. The minimum atomic E-state index is -0.770. The third kappa shape index (κ3) is 4.71. The van der Waals surface area contributed by atoms with Gasteiger partial charge in [-0.05, 0) is 30.0 Å². The molecule has 1 aromatic carbocycles. The summed E-state index contributed by atoms with van der Waals surface area (Å²) in [6.07, 6.45) is 3.35. The van der Waals surface area contributed by atoms with E-state index in [-0.39, 0.29) is 11.3 Å². The van der Waals surface area contributed by atoms with Gasteiger partial charge in [0.2, 0.25) is 5.28 Å². The number of nitrogens with one attached hydrogen (secondary N) is 1. The Balaban J connectivity index is 1.64. The highest BCUT2D eigenvalue weighted by Crippen LogP contribution is 2.28. The molecule has 0 aliphatic carbocycles. The Morgan fingerprint density at radius 3 is 2.62 bits per heavy atom. The topological polar surface area (TPSA) is 89.9 Å². The summed E-state index contributed by atoms with van der Waals surface area (Å²) in [4.78, 5) is 19.8. The molecule has 1 atom stereocenters. The molecule has 0 saturated carbocycles. The number of fused-ring (bicyclic) bond motifs is 1. The van der Waals surface area contributed by atoms with Crippen LogP contribution in [0, 0.1) is 0 Å². The average molecular weight is 431 g/mol. The first kappa shape index (κ1) is 20.1. The SMILES string of the molecule is CCC(Cc1ccccc1)Nc1ncnc2c(N3CC[S+]([O-])CC3)nc(Cl)nc12. The van der Waals surface area contributed by atoms with Crippen molar-refractivity contribution in [3.05, 3.63) is 47.5 Å². The van der Waals surface area contributed by atoms with Crippen LogP contribution in [0.3, 0.4) is 0 Å². The van der Waals surface area contributed by atoms with E-state index in [2.05, 4.69) is 49.2 Å². The molecule has 0 spiro atoms. The number of benzene rings is 1. The third-order valence-electron chi connectivity index (χ3n) is 5.07. The average Bonchev–Trinajstić information content (AvgIpc) is 2.74. The zero-order chi connectivity index (χ0) is 20.2. The van der Waals surface area contributed by atoms with E-state index in [0.29, 0.717) is 47.3 Å². The highest BCUT2D eigenvalue weighted by Gasteiger charge is 2.24. The molecule has 7 nitrogen and oxygen atoms in total. The van der Waals surface area contributed by atoms with E-state index in [1.54, 1.807) is 0 Å². The zero-order valence-electron chi connectivity index (χ0n) is 16.2. The second-order valence-corrected chi connectivity index (χ2v) is 9.04. The lowest BCUT2D eigenvalue weighted by Gasteiger charge is -2.29. The van der Waals surface area contributed by atoms with Crippen molar-refractivity contribution >= 4 is 45.4 Å². The summed E-state index contributed by atoms with van der Waals surface area (Å²) in [6, 6.07) is 10.6. The van der Waals surface area contributed by atoms with Gasteiger partial charge in [-0.2, -0.15) is 4.98 Å². The van der Waals surface area contributed by atoms with Gasteiger partial charge in [0.25, 0.3) is 0 Å². The standard InChI is InChI=1S/C20H23ClN6OS/c1-2-15(12-14-6-4-3-5-7-14)24-18-16-17(22-13-23-18)19(26-20(21)25-16)27-8-10-29(28)11-9-27/h3-7,13,15H,2,8-12H2,1H3,(H,22,23,24). The van der Waals surface area contributed by atoms with Crippen molar-refractivity contribution in [2.45, 2.75) is 25.8 Å². The Morgan fingerprint density at radius 1 is 1.14 bits per heavy atom. The lowest BCUT2D eigenvalue weighted by Crippen LogP contribution is -2.41. The molecule has 1 saturated heterocycles. The van der Waals surface area contributed by atoms with Crippen molar-refractivity contribution in [3.8, 4) is 0 Å². The fourth-order valence-corrected chi connectivity index (χ4v) is 4.69. The van der Waals surface area contributed by atoms with E-state index in [1.165, 1.54) is 11.9 Å². The molecule has 29 heavy (non-hydrogen) atoms. The van der Waals surface area contributed by atoms with E-state index < -0.39 is 11.2 Å². The summed E-state index contributed by atoms with van der Waals surface area (Å²) in [6.45, 7) is 3.46. The van der Waals surface area contributed by atoms with Crippen LogP contribution in [-0.4, -0.2) is 55.1 Å². The molecule has 1 unspecified atom stereocenters. The molecule has 1 aliphatic rings. The van der Waals surface area contributed by atoms with E-state index in [0.717, 1.165) is 12.8 Å². The number of hydrogen-bond donors (Lipinski definition) is 1. The monoisotopic (exact) mass is 430 g/mol. The largest absolute Gasteiger partial charge is 0.616 e. The summed E-state index contributed by atoms with van der Waals surface area (Å²) in [5.74, 6) is 2.57. The smallest absolute Gasteiger partial charge is 0.225 e. The lowest BCUT2D eigenvalue weighted by molar-refractivity contribution is 0.585. The minimum absolute atomic E-state index is 0.160. The summed E-state index contributed by atoms with van der Waals surface area (Å²) >= 11 is 5.48. The van der Waals surface area contributed by atoms with Crippen molar-refractivity contribution in [2.24, 2.45) is 0 Å². The van der Waals surface area contributed by atoms with E-state index in [4.69, 9.17) is 11.6 Å². The maximum Gasteiger partial charge on any atom is 0.225 e. The Bertz CT molecular complexity index is 968. The van der Waals surface area contributed by atoms with Gasteiger partial charge in [-0.25, -0.2) is 15.0 Å². The predicted octanol–water partition coefficient (Wildman–Crippen LogP) is 3.08. The minimum Gasteiger partial charge on any atom is -0.616 e. The molecule has 2 aromatic heterocycles. The van der Waals surface area contributed by atoms with E-state index >= 15 is 0 Å². The number of halogens is 1. The van der Waals surface area contributed by atoms with Crippen LogP contribution >= 0.6 is 11.6 Å². The van der Waals surface area contributed by atoms with Crippen LogP contribution in [0.2, 0.25) is 5.28 Å². The summed E-state index contributed by atoms with van der Waals surface area (Å²) in [5, 5.41) is 3.68. The van der Waals surface area contributed by atoms with Crippen molar-refractivity contribution in [3.63, 3.8) is 0 Å². The first-order valence-corrected chi connectivity index (χ1v) is 11.6. The van der Waals surface area contributed by atoms with Crippen molar-refractivity contribution in [1.82, 2.24) is 19.9 Å². The lowest BCUT2D eigenvalue weighted by atomic mass is 10.0. The molecule has 1 N–H and O–H groups in total. The van der Waals surface area contributed by atoms with Gasteiger partial charge in [0, 0.05) is 6.04 Å². The number of aromatic nitrogens is 4. The third-order valence-corrected chi connectivity index (χ3v) is 6.52. The molecule has 0 amide bonds. The highest BCUT2D eigenvalue weighted by atomic mass is 35.5. The van der Waals surface area contributed by atoms with Gasteiger partial charge >= 0.3 is 0 Å². The Kier molecular flexibility index (Phi) is 6.32. The van der Waals surface area contributed by atoms with Crippen LogP contribution in [0.25, 0.3) is 11.0 Å².